The SMILES string of the molecule is Cc1nc(C)n(Cc2ccc(Br)cn2)n1. The highest BCUT2D eigenvalue weighted by Gasteiger charge is 2.03. The van der Waals surface area contributed by atoms with Gasteiger partial charge in [-0.15, -0.1) is 0 Å². The second-order valence-electron chi connectivity index (χ2n) is 3.33. The smallest absolute Gasteiger partial charge is 0.147 e. The van der Waals surface area contributed by atoms with E-state index in [9.17, 15) is 0 Å². The summed E-state index contributed by atoms with van der Waals surface area (Å²) in [6, 6.07) is 3.95. The number of rotatable bonds is 2. The summed E-state index contributed by atoms with van der Waals surface area (Å²) in [5.41, 5.74) is 0.978. The van der Waals surface area contributed by atoms with Crippen LogP contribution in [0.1, 0.15) is 17.3 Å². The Morgan fingerprint density at radius 2 is 2.13 bits per heavy atom. The van der Waals surface area contributed by atoms with Crippen LogP contribution in [0.3, 0.4) is 0 Å². The molecule has 0 saturated carbocycles. The monoisotopic (exact) mass is 266 g/mol. The summed E-state index contributed by atoms with van der Waals surface area (Å²) < 4.78 is 2.84. The Hall–Kier alpha value is -1.23. The van der Waals surface area contributed by atoms with Crippen molar-refractivity contribution in [3.63, 3.8) is 0 Å². The summed E-state index contributed by atoms with van der Waals surface area (Å²) in [5, 5.41) is 4.28. The molecular formula is C10H11BrN4. The summed E-state index contributed by atoms with van der Waals surface area (Å²) in [4.78, 5) is 8.53. The molecule has 2 aromatic heterocycles. The molecule has 78 valence electrons. The minimum atomic E-state index is 0.667. The third-order valence-electron chi connectivity index (χ3n) is 2.06. The Balaban J connectivity index is 2.21. The average molecular weight is 267 g/mol. The van der Waals surface area contributed by atoms with Gasteiger partial charge in [0.2, 0.25) is 0 Å². The van der Waals surface area contributed by atoms with Crippen LogP contribution in [0.4, 0.5) is 0 Å². The van der Waals surface area contributed by atoms with Gasteiger partial charge in [-0.25, -0.2) is 9.67 Å². The fourth-order valence-electron chi connectivity index (χ4n) is 1.36. The summed E-state index contributed by atoms with van der Waals surface area (Å²) in [7, 11) is 0. The van der Waals surface area contributed by atoms with Crippen LogP contribution in [0.15, 0.2) is 22.8 Å². The van der Waals surface area contributed by atoms with Crippen molar-refractivity contribution in [1.29, 1.82) is 0 Å². The van der Waals surface area contributed by atoms with Crippen LogP contribution in [-0.2, 0) is 6.54 Å². The van der Waals surface area contributed by atoms with Crippen molar-refractivity contribution in [3.8, 4) is 0 Å². The zero-order chi connectivity index (χ0) is 10.8. The number of halogens is 1. The van der Waals surface area contributed by atoms with Crippen molar-refractivity contribution in [2.45, 2.75) is 20.4 Å². The molecule has 5 heteroatoms. The van der Waals surface area contributed by atoms with Gasteiger partial charge in [-0.3, -0.25) is 4.98 Å². The normalized spacial score (nSPS) is 10.6. The summed E-state index contributed by atoms with van der Waals surface area (Å²) in [6.45, 7) is 4.50. The highest BCUT2D eigenvalue weighted by Crippen LogP contribution is 2.08. The molecule has 0 radical (unpaired) electrons. The van der Waals surface area contributed by atoms with Crippen LogP contribution >= 0.6 is 15.9 Å². The van der Waals surface area contributed by atoms with E-state index in [4.69, 9.17) is 0 Å². The molecule has 0 aliphatic carbocycles. The van der Waals surface area contributed by atoms with Crippen molar-refractivity contribution in [2.75, 3.05) is 0 Å². The number of hydrogen-bond acceptors (Lipinski definition) is 3. The minimum Gasteiger partial charge on any atom is -0.258 e. The summed E-state index contributed by atoms with van der Waals surface area (Å²) in [5.74, 6) is 1.71. The van der Waals surface area contributed by atoms with Crippen molar-refractivity contribution in [3.05, 3.63) is 40.1 Å². The molecule has 0 atom stereocenters. The first-order valence-electron chi connectivity index (χ1n) is 4.63. The fraction of sp³-hybridized carbons (Fsp3) is 0.300. The standard InChI is InChI=1S/C10H11BrN4/c1-7-13-8(2)15(14-7)6-10-4-3-9(11)5-12-10/h3-5H,6H2,1-2H3. The van der Waals surface area contributed by atoms with Crippen LogP contribution in [0.25, 0.3) is 0 Å². The number of pyridine rings is 1. The third kappa shape index (κ3) is 2.41. The molecule has 0 unspecified atom stereocenters. The second-order valence-corrected chi connectivity index (χ2v) is 4.25. The van der Waals surface area contributed by atoms with E-state index in [1.165, 1.54) is 0 Å². The highest BCUT2D eigenvalue weighted by atomic mass is 79.9. The molecule has 0 fully saturated rings. The molecular weight excluding hydrogens is 256 g/mol. The van der Waals surface area contributed by atoms with E-state index in [0.717, 1.165) is 21.8 Å². The molecule has 4 nitrogen and oxygen atoms in total. The lowest BCUT2D eigenvalue weighted by Gasteiger charge is -2.02. The van der Waals surface area contributed by atoms with Crippen molar-refractivity contribution in [1.82, 2.24) is 19.7 Å². The number of hydrogen-bond donors (Lipinski definition) is 0. The number of aryl methyl sites for hydroxylation is 2. The predicted octanol–water partition coefficient (Wildman–Crippen LogP) is 2.10. The molecule has 0 amide bonds. The molecule has 2 aromatic rings. The van der Waals surface area contributed by atoms with Gasteiger partial charge in [-0.2, -0.15) is 5.10 Å². The zero-order valence-corrected chi connectivity index (χ0v) is 10.2. The van der Waals surface area contributed by atoms with Crippen molar-refractivity contribution in [2.24, 2.45) is 0 Å². The van der Waals surface area contributed by atoms with Gasteiger partial charge in [0, 0.05) is 10.7 Å². The molecule has 0 aliphatic rings. The molecule has 0 N–H and O–H groups in total. The van der Waals surface area contributed by atoms with E-state index in [-0.39, 0.29) is 0 Å². The van der Waals surface area contributed by atoms with Gasteiger partial charge in [0.15, 0.2) is 0 Å². The first-order valence-corrected chi connectivity index (χ1v) is 5.43. The first-order chi connectivity index (χ1) is 7.15. The van der Waals surface area contributed by atoms with Gasteiger partial charge in [-0.05, 0) is 41.9 Å². The topological polar surface area (TPSA) is 43.6 Å². The van der Waals surface area contributed by atoms with Crippen LogP contribution in [0, 0.1) is 13.8 Å². The van der Waals surface area contributed by atoms with Gasteiger partial charge < -0.3 is 0 Å². The summed E-state index contributed by atoms with van der Waals surface area (Å²) in [6.07, 6.45) is 1.79. The van der Waals surface area contributed by atoms with E-state index in [2.05, 4.69) is 31.0 Å². The Morgan fingerprint density at radius 1 is 1.33 bits per heavy atom. The third-order valence-corrected chi connectivity index (χ3v) is 2.53. The predicted molar refractivity (Wildman–Crippen MR) is 60.5 cm³/mol. The maximum Gasteiger partial charge on any atom is 0.147 e. The maximum atomic E-state index is 4.29. The molecule has 2 rings (SSSR count). The first kappa shape index (κ1) is 10.3. The van der Waals surface area contributed by atoms with E-state index < -0.39 is 0 Å². The van der Waals surface area contributed by atoms with E-state index >= 15 is 0 Å². The molecule has 2 heterocycles. The van der Waals surface area contributed by atoms with Crippen LogP contribution < -0.4 is 0 Å². The maximum absolute atomic E-state index is 4.29. The molecule has 0 aliphatic heterocycles. The Kier molecular flexibility index (Phi) is 2.81. The van der Waals surface area contributed by atoms with Gasteiger partial charge in [0.05, 0.1) is 12.2 Å². The minimum absolute atomic E-state index is 0.667. The van der Waals surface area contributed by atoms with Gasteiger partial charge >= 0.3 is 0 Å². The molecule has 0 saturated heterocycles. The van der Waals surface area contributed by atoms with Crippen LogP contribution in [-0.4, -0.2) is 19.7 Å². The van der Waals surface area contributed by atoms with Crippen molar-refractivity contribution < 1.29 is 0 Å². The number of nitrogens with zero attached hydrogens (tertiary/aromatic N) is 4. The van der Waals surface area contributed by atoms with Crippen LogP contribution in [0.2, 0.25) is 0 Å². The van der Waals surface area contributed by atoms with E-state index in [1.807, 2.05) is 30.7 Å². The molecule has 0 bridgehead atoms. The molecule has 0 aromatic carbocycles. The Labute approximate surface area is 96.5 Å². The lowest BCUT2D eigenvalue weighted by molar-refractivity contribution is 0.644. The van der Waals surface area contributed by atoms with Crippen LogP contribution in [0.5, 0.6) is 0 Å². The van der Waals surface area contributed by atoms with Crippen molar-refractivity contribution >= 4 is 15.9 Å². The molecule has 15 heavy (non-hydrogen) atoms. The lowest BCUT2D eigenvalue weighted by atomic mass is 10.3. The Bertz CT molecular complexity index is 461. The van der Waals surface area contributed by atoms with Gasteiger partial charge in [-0.1, -0.05) is 0 Å². The van der Waals surface area contributed by atoms with Gasteiger partial charge in [0.25, 0.3) is 0 Å². The highest BCUT2D eigenvalue weighted by molar-refractivity contribution is 9.10. The number of aromatic nitrogens is 4. The van der Waals surface area contributed by atoms with Gasteiger partial charge in [0.1, 0.15) is 11.6 Å². The second kappa shape index (κ2) is 4.10. The van der Waals surface area contributed by atoms with E-state index in [0.29, 0.717) is 6.54 Å². The lowest BCUT2D eigenvalue weighted by Crippen LogP contribution is -2.05. The fourth-order valence-corrected chi connectivity index (χ4v) is 1.60. The average Bonchev–Trinajstić information content (AvgIpc) is 2.49. The summed E-state index contributed by atoms with van der Waals surface area (Å²) >= 11 is 3.35. The quantitative estimate of drug-likeness (QED) is 0.836. The molecule has 0 spiro atoms. The zero-order valence-electron chi connectivity index (χ0n) is 8.61. The largest absolute Gasteiger partial charge is 0.258 e. The van der Waals surface area contributed by atoms with E-state index in [1.54, 1.807) is 6.20 Å². The Morgan fingerprint density at radius 3 is 2.67 bits per heavy atom.